The second-order valence-corrected chi connectivity index (χ2v) is 6.31. The summed E-state index contributed by atoms with van der Waals surface area (Å²) in [5.41, 5.74) is 2.14. The van der Waals surface area contributed by atoms with Crippen LogP contribution in [0.4, 0.5) is 20.4 Å². The molecule has 1 aliphatic rings. The molecule has 7 heteroatoms. The van der Waals surface area contributed by atoms with Gasteiger partial charge in [0.05, 0.1) is 0 Å². The zero-order valence-corrected chi connectivity index (χ0v) is 11.1. The van der Waals surface area contributed by atoms with Gasteiger partial charge in [-0.1, -0.05) is 13.8 Å². The van der Waals surface area contributed by atoms with Gasteiger partial charge < -0.3 is 10.3 Å². The Morgan fingerprint density at radius 1 is 1.33 bits per heavy atom. The van der Waals surface area contributed by atoms with E-state index in [1.165, 1.54) is 0 Å². The fraction of sp³-hybridized carbons (Fsp3) is 0.545. The minimum absolute atomic E-state index is 0.134. The molecule has 0 spiro atoms. The molecule has 1 fully saturated rings. The van der Waals surface area contributed by atoms with Crippen LogP contribution in [0.25, 0.3) is 0 Å². The van der Waals surface area contributed by atoms with Gasteiger partial charge in [-0.15, -0.1) is 0 Å². The fourth-order valence-corrected chi connectivity index (χ4v) is 3.46. The number of nitrogens with one attached hydrogen (secondary N) is 1. The summed E-state index contributed by atoms with van der Waals surface area (Å²) in [6, 6.07) is 0.814. The van der Waals surface area contributed by atoms with E-state index in [1.807, 2.05) is 16.7 Å². The van der Waals surface area contributed by atoms with E-state index in [0.717, 1.165) is 6.07 Å². The van der Waals surface area contributed by atoms with Crippen LogP contribution in [-0.2, 0) is 0 Å². The van der Waals surface area contributed by atoms with Crippen molar-refractivity contribution in [3.8, 4) is 0 Å². The lowest BCUT2D eigenvalue weighted by molar-refractivity contribution is 0.566. The minimum atomic E-state index is -0.786. The highest BCUT2D eigenvalue weighted by atomic mass is 32.2. The van der Waals surface area contributed by atoms with Crippen molar-refractivity contribution in [2.45, 2.75) is 24.3 Å². The zero-order valence-electron chi connectivity index (χ0n) is 10.3. The first kappa shape index (κ1) is 13.4. The fourth-order valence-electron chi connectivity index (χ4n) is 2.13. The highest BCUT2D eigenvalue weighted by molar-refractivity contribution is 8.00. The van der Waals surface area contributed by atoms with E-state index in [1.54, 1.807) is 0 Å². The molecule has 1 saturated heterocycles. The number of halogens is 2. The number of aromatic nitrogens is 1. The van der Waals surface area contributed by atoms with Crippen molar-refractivity contribution < 1.29 is 8.78 Å². The number of rotatable bonds is 2. The summed E-state index contributed by atoms with van der Waals surface area (Å²) in [5.74, 6) is 3.74. The lowest BCUT2D eigenvalue weighted by atomic mass is 10.3. The van der Waals surface area contributed by atoms with Crippen LogP contribution < -0.4 is 16.2 Å². The third kappa shape index (κ3) is 2.67. The van der Waals surface area contributed by atoms with Gasteiger partial charge in [0.25, 0.3) is 0 Å². The average Bonchev–Trinajstić information content (AvgIpc) is 2.27. The topological polar surface area (TPSA) is 54.2 Å². The molecule has 0 radical (unpaired) electrons. The van der Waals surface area contributed by atoms with E-state index < -0.39 is 11.6 Å². The van der Waals surface area contributed by atoms with Gasteiger partial charge in [0, 0.05) is 29.7 Å². The van der Waals surface area contributed by atoms with Gasteiger partial charge in [-0.2, -0.15) is 11.8 Å². The number of hydrogen-bond donors (Lipinski definition) is 2. The molecule has 4 nitrogen and oxygen atoms in total. The van der Waals surface area contributed by atoms with Crippen LogP contribution in [0.5, 0.6) is 0 Å². The Bertz CT molecular complexity index is 433. The normalized spacial score (nSPS) is 24.2. The number of anilines is 2. The van der Waals surface area contributed by atoms with Crippen LogP contribution in [0, 0.1) is 11.6 Å². The van der Waals surface area contributed by atoms with Gasteiger partial charge in [0.2, 0.25) is 0 Å². The predicted molar refractivity (Wildman–Crippen MR) is 70.7 cm³/mol. The summed E-state index contributed by atoms with van der Waals surface area (Å²) >= 11 is 1.85. The standard InChI is InChI=1S/C11H16F2N4S/c1-6-4-17(5-7(2)18-6)11-9(13)3-8(12)10(15-11)16-14/h3,6-7H,4-5,14H2,1-2H3,(H,15,16). The van der Waals surface area contributed by atoms with Crippen molar-refractivity contribution in [2.75, 3.05) is 23.4 Å². The summed E-state index contributed by atoms with van der Waals surface area (Å²) in [5, 5.41) is 0.767. The first-order valence-electron chi connectivity index (χ1n) is 5.74. The molecular weight excluding hydrogens is 258 g/mol. The average molecular weight is 274 g/mol. The van der Waals surface area contributed by atoms with Crippen LogP contribution in [-0.4, -0.2) is 28.6 Å². The monoisotopic (exact) mass is 274 g/mol. The molecule has 100 valence electrons. The highest BCUT2D eigenvalue weighted by Crippen LogP contribution is 2.30. The smallest absolute Gasteiger partial charge is 0.178 e. The molecule has 0 aromatic carbocycles. The van der Waals surface area contributed by atoms with Crippen LogP contribution in [0.15, 0.2) is 6.07 Å². The van der Waals surface area contributed by atoms with Crippen LogP contribution in [0.2, 0.25) is 0 Å². The van der Waals surface area contributed by atoms with Crippen molar-refractivity contribution in [3.63, 3.8) is 0 Å². The van der Waals surface area contributed by atoms with Crippen LogP contribution >= 0.6 is 11.8 Å². The second-order valence-electron chi connectivity index (χ2n) is 4.43. The quantitative estimate of drug-likeness (QED) is 0.638. The molecule has 2 rings (SSSR count). The molecule has 3 N–H and O–H groups in total. The highest BCUT2D eigenvalue weighted by Gasteiger charge is 2.26. The minimum Gasteiger partial charge on any atom is -0.352 e. The molecule has 0 aliphatic carbocycles. The summed E-state index contributed by atoms with van der Waals surface area (Å²) < 4.78 is 27.1. The lowest BCUT2D eigenvalue weighted by Crippen LogP contribution is -2.41. The zero-order chi connectivity index (χ0) is 13.3. The Hall–Kier alpha value is -1.08. The first-order valence-corrected chi connectivity index (χ1v) is 6.68. The van der Waals surface area contributed by atoms with Gasteiger partial charge in [-0.25, -0.2) is 19.6 Å². The summed E-state index contributed by atoms with van der Waals surface area (Å²) in [4.78, 5) is 5.75. The maximum absolute atomic E-state index is 13.8. The van der Waals surface area contributed by atoms with Gasteiger partial charge in [-0.05, 0) is 0 Å². The van der Waals surface area contributed by atoms with Crippen LogP contribution in [0.1, 0.15) is 13.8 Å². The predicted octanol–water partition coefficient (Wildman–Crippen LogP) is 1.98. The Balaban J connectivity index is 2.32. The number of pyridine rings is 1. The molecule has 2 atom stereocenters. The van der Waals surface area contributed by atoms with Gasteiger partial charge in [0.15, 0.2) is 23.3 Å². The third-order valence-electron chi connectivity index (χ3n) is 2.77. The largest absolute Gasteiger partial charge is 0.352 e. The molecule has 2 heterocycles. The molecule has 2 unspecified atom stereocenters. The molecule has 0 bridgehead atoms. The van der Waals surface area contributed by atoms with E-state index in [-0.39, 0.29) is 11.6 Å². The third-order valence-corrected chi connectivity index (χ3v) is 3.99. The van der Waals surface area contributed by atoms with Crippen molar-refractivity contribution in [2.24, 2.45) is 5.84 Å². The van der Waals surface area contributed by atoms with E-state index in [4.69, 9.17) is 5.84 Å². The first-order chi connectivity index (χ1) is 8.51. The van der Waals surface area contributed by atoms with E-state index in [9.17, 15) is 8.78 Å². The molecule has 0 amide bonds. The summed E-state index contributed by atoms with van der Waals surface area (Å²) in [6.07, 6.45) is 0. The van der Waals surface area contributed by atoms with Gasteiger partial charge in [0.1, 0.15) is 0 Å². The van der Waals surface area contributed by atoms with E-state index in [0.29, 0.717) is 23.6 Å². The van der Waals surface area contributed by atoms with Crippen molar-refractivity contribution in [3.05, 3.63) is 17.7 Å². The molecule has 0 saturated carbocycles. The number of thioether (sulfide) groups is 1. The summed E-state index contributed by atoms with van der Waals surface area (Å²) in [7, 11) is 0. The molecule has 1 aromatic rings. The number of hydrogen-bond acceptors (Lipinski definition) is 5. The molecular formula is C11H16F2N4S. The number of hydrazine groups is 1. The van der Waals surface area contributed by atoms with Crippen molar-refractivity contribution in [1.29, 1.82) is 0 Å². The Morgan fingerprint density at radius 3 is 2.50 bits per heavy atom. The SMILES string of the molecule is CC1CN(c2nc(NN)c(F)cc2F)CC(C)S1. The summed E-state index contributed by atoms with van der Waals surface area (Å²) in [6.45, 7) is 5.54. The molecule has 1 aromatic heterocycles. The Kier molecular flexibility index (Phi) is 3.91. The second kappa shape index (κ2) is 5.27. The van der Waals surface area contributed by atoms with Crippen molar-refractivity contribution in [1.82, 2.24) is 4.98 Å². The van der Waals surface area contributed by atoms with E-state index in [2.05, 4.69) is 24.3 Å². The van der Waals surface area contributed by atoms with Crippen LogP contribution in [0.3, 0.4) is 0 Å². The number of nitrogens with two attached hydrogens (primary N) is 1. The lowest BCUT2D eigenvalue weighted by Gasteiger charge is -2.35. The van der Waals surface area contributed by atoms with Gasteiger partial charge in [-0.3, -0.25) is 0 Å². The Morgan fingerprint density at radius 2 is 1.94 bits per heavy atom. The maximum atomic E-state index is 13.8. The maximum Gasteiger partial charge on any atom is 0.178 e. The number of nitrogen functional groups attached to an aromatic ring is 1. The molecule has 1 aliphatic heterocycles. The Labute approximate surface area is 109 Å². The van der Waals surface area contributed by atoms with Crippen molar-refractivity contribution >= 4 is 23.4 Å². The molecule has 18 heavy (non-hydrogen) atoms. The van der Waals surface area contributed by atoms with E-state index >= 15 is 0 Å². The van der Waals surface area contributed by atoms with Gasteiger partial charge >= 0.3 is 0 Å². The number of nitrogens with zero attached hydrogens (tertiary/aromatic N) is 2.